The number of carbonyl (C=O) groups is 1. The van der Waals surface area contributed by atoms with Gasteiger partial charge in [-0.15, -0.1) is 5.73 Å². The minimum absolute atomic E-state index is 0.557. The number of rotatable bonds is 2. The van der Waals surface area contributed by atoms with E-state index in [1.807, 2.05) is 0 Å². The summed E-state index contributed by atoms with van der Waals surface area (Å²) in [5.74, 6) is 0.700. The summed E-state index contributed by atoms with van der Waals surface area (Å²) >= 11 is 0. The van der Waals surface area contributed by atoms with Gasteiger partial charge in [-0.05, 0) is 19.1 Å². The maximum Gasteiger partial charge on any atom is 0.153 e. The molecule has 2 nitrogen and oxygen atoms in total. The summed E-state index contributed by atoms with van der Waals surface area (Å²) in [4.78, 5) is 10.1. The van der Waals surface area contributed by atoms with Gasteiger partial charge in [0.05, 0.1) is 6.26 Å². The third kappa shape index (κ3) is 2.28. The zero-order valence-corrected chi connectivity index (χ0v) is 6.20. The molecule has 0 N–H and O–H groups in total. The lowest BCUT2D eigenvalue weighted by Gasteiger charge is -1.78. The van der Waals surface area contributed by atoms with Crippen molar-refractivity contribution in [3.63, 3.8) is 0 Å². The zero-order chi connectivity index (χ0) is 8.10. The summed E-state index contributed by atoms with van der Waals surface area (Å²) in [5, 5.41) is 0. The summed E-state index contributed by atoms with van der Waals surface area (Å²) < 4.78 is 4.98. The Labute approximate surface area is 64.8 Å². The molecule has 0 aliphatic heterocycles. The van der Waals surface area contributed by atoms with Crippen LogP contribution in [0.2, 0.25) is 0 Å². The van der Waals surface area contributed by atoms with Gasteiger partial charge in [-0.2, -0.15) is 0 Å². The van der Waals surface area contributed by atoms with E-state index in [1.54, 1.807) is 31.4 Å². The standard InChI is InChI=1S/C9H8O2/c1-8(7-10)4-5-9-3-2-6-11-9/h2-3,5-7H,1H3. The first-order chi connectivity index (χ1) is 5.33. The first-order valence-electron chi connectivity index (χ1n) is 3.25. The molecule has 0 unspecified atom stereocenters. The molecule has 0 saturated carbocycles. The van der Waals surface area contributed by atoms with Crippen LogP contribution in [0.4, 0.5) is 0 Å². The molecule has 0 bridgehead atoms. The number of hydrogen-bond acceptors (Lipinski definition) is 2. The molecule has 1 heterocycles. The molecule has 11 heavy (non-hydrogen) atoms. The SMILES string of the molecule is CC(=C=Cc1ccco1)C=O. The fourth-order valence-corrected chi connectivity index (χ4v) is 0.592. The molecule has 1 aromatic heterocycles. The molecule has 0 saturated heterocycles. The third-order valence-electron chi connectivity index (χ3n) is 1.16. The number of furan rings is 1. The molecule has 56 valence electrons. The molecule has 0 amide bonds. The maximum atomic E-state index is 10.1. The van der Waals surface area contributed by atoms with Crippen LogP contribution in [-0.4, -0.2) is 6.29 Å². The smallest absolute Gasteiger partial charge is 0.153 e. The highest BCUT2D eigenvalue weighted by atomic mass is 16.3. The van der Waals surface area contributed by atoms with Crippen LogP contribution in [0.3, 0.4) is 0 Å². The Hall–Kier alpha value is -1.53. The Morgan fingerprint density at radius 3 is 3.09 bits per heavy atom. The topological polar surface area (TPSA) is 30.2 Å². The minimum Gasteiger partial charge on any atom is -0.464 e. The second kappa shape index (κ2) is 3.59. The van der Waals surface area contributed by atoms with Gasteiger partial charge in [0.25, 0.3) is 0 Å². The van der Waals surface area contributed by atoms with Crippen molar-refractivity contribution in [2.45, 2.75) is 6.92 Å². The summed E-state index contributed by atoms with van der Waals surface area (Å²) in [5.41, 5.74) is 3.32. The molecular formula is C9H8O2. The van der Waals surface area contributed by atoms with E-state index < -0.39 is 0 Å². The lowest BCUT2D eigenvalue weighted by molar-refractivity contribution is -0.104. The molecule has 0 aliphatic rings. The van der Waals surface area contributed by atoms with Crippen molar-refractivity contribution in [2.24, 2.45) is 0 Å². The van der Waals surface area contributed by atoms with E-state index in [1.165, 1.54) is 0 Å². The van der Waals surface area contributed by atoms with E-state index in [0.29, 0.717) is 11.3 Å². The van der Waals surface area contributed by atoms with E-state index in [9.17, 15) is 4.79 Å². The van der Waals surface area contributed by atoms with Crippen molar-refractivity contribution in [3.05, 3.63) is 35.5 Å². The number of carbonyl (C=O) groups excluding carboxylic acids is 1. The summed E-state index contributed by atoms with van der Waals surface area (Å²) in [6.07, 6.45) is 3.95. The Bertz CT molecular complexity index is 287. The van der Waals surface area contributed by atoms with Gasteiger partial charge in [0.15, 0.2) is 6.29 Å². The van der Waals surface area contributed by atoms with Crippen LogP contribution in [0.25, 0.3) is 6.08 Å². The van der Waals surface area contributed by atoms with Crippen molar-refractivity contribution < 1.29 is 9.21 Å². The van der Waals surface area contributed by atoms with Gasteiger partial charge in [-0.3, -0.25) is 4.79 Å². The molecule has 0 spiro atoms. The highest BCUT2D eigenvalue weighted by Crippen LogP contribution is 2.01. The van der Waals surface area contributed by atoms with Crippen LogP contribution in [0.1, 0.15) is 12.7 Å². The van der Waals surface area contributed by atoms with E-state index in [0.717, 1.165) is 6.29 Å². The van der Waals surface area contributed by atoms with Crippen LogP contribution in [0.15, 0.2) is 34.1 Å². The normalized spacial score (nSPS) is 8.45. The Balaban J connectivity index is 2.84. The summed E-state index contributed by atoms with van der Waals surface area (Å²) in [7, 11) is 0. The van der Waals surface area contributed by atoms with Crippen LogP contribution in [0, 0.1) is 0 Å². The van der Waals surface area contributed by atoms with E-state index in [4.69, 9.17) is 4.42 Å². The van der Waals surface area contributed by atoms with Gasteiger partial charge in [-0.1, -0.05) is 0 Å². The maximum absolute atomic E-state index is 10.1. The molecule has 0 fully saturated rings. The van der Waals surface area contributed by atoms with E-state index >= 15 is 0 Å². The first kappa shape index (κ1) is 7.58. The van der Waals surface area contributed by atoms with Gasteiger partial charge >= 0.3 is 0 Å². The number of hydrogen-bond donors (Lipinski definition) is 0. The molecule has 0 atom stereocenters. The highest BCUT2D eigenvalue weighted by Gasteiger charge is 1.84. The third-order valence-corrected chi connectivity index (χ3v) is 1.16. The van der Waals surface area contributed by atoms with Crippen LogP contribution < -0.4 is 0 Å². The Morgan fingerprint density at radius 1 is 1.73 bits per heavy atom. The molecular weight excluding hydrogens is 140 g/mol. The summed E-state index contributed by atoms with van der Waals surface area (Å²) in [6.45, 7) is 1.69. The van der Waals surface area contributed by atoms with Crippen LogP contribution >= 0.6 is 0 Å². The predicted molar refractivity (Wildman–Crippen MR) is 41.9 cm³/mol. The lowest BCUT2D eigenvalue weighted by Crippen LogP contribution is -1.69. The number of aldehydes is 1. The fourth-order valence-electron chi connectivity index (χ4n) is 0.592. The second-order valence-electron chi connectivity index (χ2n) is 2.10. The second-order valence-corrected chi connectivity index (χ2v) is 2.10. The summed E-state index contributed by atoms with van der Waals surface area (Å²) in [6, 6.07) is 3.58. The minimum atomic E-state index is 0.557. The molecule has 0 aromatic carbocycles. The van der Waals surface area contributed by atoms with Crippen molar-refractivity contribution in [1.82, 2.24) is 0 Å². The molecule has 1 aromatic rings. The van der Waals surface area contributed by atoms with Crippen molar-refractivity contribution in [3.8, 4) is 0 Å². The Morgan fingerprint density at radius 2 is 2.55 bits per heavy atom. The van der Waals surface area contributed by atoms with Crippen molar-refractivity contribution >= 4 is 12.4 Å². The van der Waals surface area contributed by atoms with Gasteiger partial charge < -0.3 is 4.42 Å². The number of allylic oxidation sites excluding steroid dienone is 1. The molecule has 0 radical (unpaired) electrons. The monoisotopic (exact) mass is 148 g/mol. The molecule has 2 heteroatoms. The Kier molecular flexibility index (Phi) is 2.47. The predicted octanol–water partition coefficient (Wildman–Crippen LogP) is 2.04. The first-order valence-corrected chi connectivity index (χ1v) is 3.25. The van der Waals surface area contributed by atoms with Gasteiger partial charge in [0, 0.05) is 11.6 Å². The van der Waals surface area contributed by atoms with Crippen LogP contribution in [-0.2, 0) is 4.79 Å². The zero-order valence-electron chi connectivity index (χ0n) is 6.20. The lowest BCUT2D eigenvalue weighted by atomic mass is 10.3. The average molecular weight is 148 g/mol. The van der Waals surface area contributed by atoms with E-state index in [-0.39, 0.29) is 0 Å². The quantitative estimate of drug-likeness (QED) is 0.365. The molecule has 0 aliphatic carbocycles. The van der Waals surface area contributed by atoms with Crippen LogP contribution in [0.5, 0.6) is 0 Å². The van der Waals surface area contributed by atoms with Gasteiger partial charge in [-0.25, -0.2) is 0 Å². The van der Waals surface area contributed by atoms with Crippen molar-refractivity contribution in [2.75, 3.05) is 0 Å². The van der Waals surface area contributed by atoms with Gasteiger partial charge in [0.2, 0.25) is 0 Å². The van der Waals surface area contributed by atoms with Gasteiger partial charge in [0.1, 0.15) is 5.76 Å². The van der Waals surface area contributed by atoms with Crippen molar-refractivity contribution in [1.29, 1.82) is 0 Å². The average Bonchev–Trinajstić information content (AvgIpc) is 2.52. The van der Waals surface area contributed by atoms with E-state index in [2.05, 4.69) is 5.73 Å². The fraction of sp³-hybridized carbons (Fsp3) is 0.111. The highest BCUT2D eigenvalue weighted by molar-refractivity contribution is 5.73. The largest absolute Gasteiger partial charge is 0.464 e. The molecule has 1 rings (SSSR count).